The summed E-state index contributed by atoms with van der Waals surface area (Å²) in [5.74, 6) is 1.16. The smallest absolute Gasteiger partial charge is 0.233 e. The van der Waals surface area contributed by atoms with Crippen molar-refractivity contribution in [2.45, 2.75) is 50.5 Å². The molecule has 1 aromatic rings. The standard InChI is InChI=1S/C25H34N2O4/c1-31-22-10-5-4-9-21(22)25(30)17-11-12-18(25)16-26(15-17)13-6-14-27-23(28)19-7-2-3-8-20(19)24(27)29/h4-5,9-10,17-20,30H,2-3,6-8,11-16H2,1H3. The van der Waals surface area contributed by atoms with E-state index in [4.69, 9.17) is 4.74 Å². The van der Waals surface area contributed by atoms with E-state index in [1.54, 1.807) is 12.0 Å². The summed E-state index contributed by atoms with van der Waals surface area (Å²) >= 11 is 0. The largest absolute Gasteiger partial charge is 0.496 e. The molecule has 0 aromatic heterocycles. The van der Waals surface area contributed by atoms with Gasteiger partial charge in [0.2, 0.25) is 11.8 Å². The maximum atomic E-state index is 12.7. The second-order valence-corrected chi connectivity index (χ2v) is 9.94. The lowest BCUT2D eigenvalue weighted by Gasteiger charge is -2.45. The maximum Gasteiger partial charge on any atom is 0.233 e. The number of hydrogen-bond acceptors (Lipinski definition) is 5. The molecule has 4 aliphatic rings. The van der Waals surface area contributed by atoms with Crippen molar-refractivity contribution in [3.63, 3.8) is 0 Å². The van der Waals surface area contributed by atoms with E-state index in [1.165, 1.54) is 0 Å². The van der Waals surface area contributed by atoms with Crippen molar-refractivity contribution in [3.8, 4) is 5.75 Å². The fraction of sp³-hybridized carbons (Fsp3) is 0.680. The van der Waals surface area contributed by atoms with Crippen LogP contribution in [0.3, 0.4) is 0 Å². The fourth-order valence-electron chi connectivity index (χ4n) is 6.84. The third-order valence-corrected chi connectivity index (χ3v) is 8.39. The Kier molecular flexibility index (Phi) is 5.55. The summed E-state index contributed by atoms with van der Waals surface area (Å²) in [6.07, 6.45) is 6.73. The highest BCUT2D eigenvalue weighted by Crippen LogP contribution is 2.53. The molecule has 2 saturated carbocycles. The first-order valence-electron chi connectivity index (χ1n) is 12.0. The summed E-state index contributed by atoms with van der Waals surface area (Å²) in [6.45, 7) is 3.09. The number of imide groups is 1. The summed E-state index contributed by atoms with van der Waals surface area (Å²) in [5.41, 5.74) is 0.0835. The first-order chi connectivity index (χ1) is 15.0. The molecule has 4 unspecified atom stereocenters. The van der Waals surface area contributed by atoms with Crippen molar-refractivity contribution in [1.29, 1.82) is 0 Å². The van der Waals surface area contributed by atoms with E-state index < -0.39 is 5.60 Å². The molecule has 4 fully saturated rings. The van der Waals surface area contributed by atoms with Gasteiger partial charge in [0.15, 0.2) is 0 Å². The number of methoxy groups -OCH3 is 1. The minimum Gasteiger partial charge on any atom is -0.496 e. The Balaban J connectivity index is 1.20. The Labute approximate surface area is 184 Å². The highest BCUT2D eigenvalue weighted by molar-refractivity contribution is 6.05. The molecule has 2 heterocycles. The number of rotatable bonds is 6. The van der Waals surface area contributed by atoms with Gasteiger partial charge in [-0.25, -0.2) is 0 Å². The third-order valence-electron chi connectivity index (χ3n) is 8.39. The van der Waals surface area contributed by atoms with E-state index in [1.807, 2.05) is 24.3 Å². The summed E-state index contributed by atoms with van der Waals surface area (Å²) in [5, 5.41) is 11.8. The van der Waals surface area contributed by atoms with Crippen molar-refractivity contribution in [2.75, 3.05) is 33.3 Å². The quantitative estimate of drug-likeness (QED) is 0.709. The number of carbonyl (C=O) groups excluding carboxylic acids is 2. The number of amides is 2. The van der Waals surface area contributed by atoms with E-state index in [0.717, 1.165) is 75.9 Å². The van der Waals surface area contributed by atoms with E-state index in [-0.39, 0.29) is 35.5 Å². The van der Waals surface area contributed by atoms with Crippen LogP contribution in [0.15, 0.2) is 24.3 Å². The number of likely N-dealkylation sites (tertiary alicyclic amines) is 2. The highest BCUT2D eigenvalue weighted by atomic mass is 16.5. The van der Waals surface area contributed by atoms with Gasteiger partial charge >= 0.3 is 0 Å². The van der Waals surface area contributed by atoms with E-state index in [2.05, 4.69) is 4.90 Å². The first kappa shape index (κ1) is 21.0. The zero-order valence-electron chi connectivity index (χ0n) is 18.5. The fourth-order valence-corrected chi connectivity index (χ4v) is 6.84. The van der Waals surface area contributed by atoms with Crippen LogP contribution < -0.4 is 4.74 Å². The molecule has 2 amide bonds. The van der Waals surface area contributed by atoms with Crippen LogP contribution in [0.1, 0.15) is 50.5 Å². The predicted molar refractivity (Wildman–Crippen MR) is 116 cm³/mol. The molecule has 6 heteroatoms. The van der Waals surface area contributed by atoms with Crippen LogP contribution in [0.25, 0.3) is 0 Å². The molecule has 2 bridgehead atoms. The number of ether oxygens (including phenoxy) is 1. The number of carbonyl (C=O) groups is 2. The van der Waals surface area contributed by atoms with Crippen molar-refractivity contribution >= 4 is 11.8 Å². The second-order valence-electron chi connectivity index (χ2n) is 9.94. The lowest BCUT2D eigenvalue weighted by molar-refractivity contribution is -0.140. The zero-order valence-corrected chi connectivity index (χ0v) is 18.5. The van der Waals surface area contributed by atoms with Gasteiger partial charge in [-0.15, -0.1) is 0 Å². The Hall–Kier alpha value is -1.92. The molecular formula is C25H34N2O4. The van der Waals surface area contributed by atoms with Crippen LogP contribution in [0, 0.1) is 23.7 Å². The third kappa shape index (κ3) is 3.39. The second kappa shape index (κ2) is 8.21. The Bertz CT molecular complexity index is 818. The van der Waals surface area contributed by atoms with E-state index in [0.29, 0.717) is 6.54 Å². The van der Waals surface area contributed by atoms with Crippen LogP contribution in [0.2, 0.25) is 0 Å². The molecular weight excluding hydrogens is 392 g/mol. The van der Waals surface area contributed by atoms with Gasteiger partial charge in [-0.1, -0.05) is 31.0 Å². The predicted octanol–water partition coefficient (Wildman–Crippen LogP) is 2.79. The minimum atomic E-state index is -0.834. The van der Waals surface area contributed by atoms with Crippen molar-refractivity contribution < 1.29 is 19.4 Å². The first-order valence-corrected chi connectivity index (χ1v) is 12.0. The number of piperidine rings is 1. The Morgan fingerprint density at radius 1 is 0.968 bits per heavy atom. The van der Waals surface area contributed by atoms with Crippen molar-refractivity contribution in [2.24, 2.45) is 23.7 Å². The lowest BCUT2D eigenvalue weighted by Crippen LogP contribution is -2.52. The van der Waals surface area contributed by atoms with Crippen LogP contribution in [-0.2, 0) is 15.2 Å². The maximum absolute atomic E-state index is 12.7. The minimum absolute atomic E-state index is 0.0528. The van der Waals surface area contributed by atoms with Crippen molar-refractivity contribution in [3.05, 3.63) is 29.8 Å². The van der Waals surface area contributed by atoms with E-state index in [9.17, 15) is 14.7 Å². The molecule has 2 saturated heterocycles. The average Bonchev–Trinajstić information content (AvgIpc) is 3.11. The summed E-state index contributed by atoms with van der Waals surface area (Å²) < 4.78 is 5.55. The number of aliphatic hydroxyl groups is 1. The van der Waals surface area contributed by atoms with Gasteiger partial charge in [0.25, 0.3) is 0 Å². The highest BCUT2D eigenvalue weighted by Gasteiger charge is 2.55. The summed E-state index contributed by atoms with van der Waals surface area (Å²) in [7, 11) is 1.66. The summed E-state index contributed by atoms with van der Waals surface area (Å²) in [4.78, 5) is 29.4. The molecule has 168 valence electrons. The molecule has 2 aliphatic heterocycles. The molecule has 0 spiro atoms. The Morgan fingerprint density at radius 3 is 2.19 bits per heavy atom. The van der Waals surface area contributed by atoms with Gasteiger partial charge in [0.1, 0.15) is 11.4 Å². The van der Waals surface area contributed by atoms with Gasteiger partial charge in [-0.2, -0.15) is 0 Å². The molecule has 4 atom stereocenters. The number of benzene rings is 1. The lowest BCUT2D eigenvalue weighted by atomic mass is 9.75. The Morgan fingerprint density at radius 2 is 1.58 bits per heavy atom. The van der Waals surface area contributed by atoms with Crippen LogP contribution in [-0.4, -0.2) is 60.0 Å². The monoisotopic (exact) mass is 426 g/mol. The van der Waals surface area contributed by atoms with Gasteiger partial charge in [0, 0.05) is 37.0 Å². The van der Waals surface area contributed by atoms with Crippen LogP contribution in [0.4, 0.5) is 0 Å². The molecule has 6 nitrogen and oxygen atoms in total. The molecule has 31 heavy (non-hydrogen) atoms. The number of nitrogens with zero attached hydrogens (tertiary/aromatic N) is 2. The molecule has 0 radical (unpaired) electrons. The molecule has 2 aliphatic carbocycles. The van der Waals surface area contributed by atoms with Crippen LogP contribution >= 0.6 is 0 Å². The molecule has 1 N–H and O–H groups in total. The van der Waals surface area contributed by atoms with Gasteiger partial charge < -0.3 is 14.7 Å². The number of fused-ring (bicyclic) bond motifs is 3. The van der Waals surface area contributed by atoms with Gasteiger partial charge in [-0.3, -0.25) is 14.5 Å². The normalized spacial score (nSPS) is 35.5. The van der Waals surface area contributed by atoms with E-state index >= 15 is 0 Å². The van der Waals surface area contributed by atoms with Gasteiger partial charge in [0.05, 0.1) is 18.9 Å². The topological polar surface area (TPSA) is 70.1 Å². The number of para-hydroxylation sites is 1. The SMILES string of the molecule is COc1ccccc1C1(O)C2CCC1CN(CCCN1C(=O)C3CCCCC3C1=O)C2. The molecule has 5 rings (SSSR count). The zero-order chi connectivity index (χ0) is 21.6. The van der Waals surface area contributed by atoms with Crippen LogP contribution in [0.5, 0.6) is 5.75 Å². The van der Waals surface area contributed by atoms with Crippen molar-refractivity contribution in [1.82, 2.24) is 9.80 Å². The molecule has 1 aromatic carbocycles. The average molecular weight is 427 g/mol. The number of hydrogen-bond donors (Lipinski definition) is 1. The van der Waals surface area contributed by atoms with Gasteiger partial charge in [-0.05, 0) is 44.7 Å². The summed E-state index contributed by atoms with van der Waals surface area (Å²) in [6, 6.07) is 7.85.